The number of hydrogen-bond acceptors (Lipinski definition) is 8. The van der Waals surface area contributed by atoms with Crippen LogP contribution in [0.4, 0.5) is 5.69 Å². The van der Waals surface area contributed by atoms with E-state index in [9.17, 15) is 22.8 Å². The Bertz CT molecular complexity index is 1340. The molecule has 0 saturated carbocycles. The number of ether oxygens (including phenoxy) is 1. The van der Waals surface area contributed by atoms with E-state index in [-0.39, 0.29) is 10.8 Å². The van der Waals surface area contributed by atoms with E-state index in [1.54, 1.807) is 37.5 Å². The number of nitrogens with zero attached hydrogens (tertiary/aromatic N) is 2. The summed E-state index contributed by atoms with van der Waals surface area (Å²) in [7, 11) is -4.00. The molecule has 1 amide bonds. The third-order valence-corrected chi connectivity index (χ3v) is 6.25. The van der Waals surface area contributed by atoms with E-state index in [0.717, 1.165) is 5.69 Å². The van der Waals surface area contributed by atoms with Crippen molar-refractivity contribution in [3.05, 3.63) is 59.1 Å². The fourth-order valence-electron chi connectivity index (χ4n) is 3.29. The Hall–Kier alpha value is -3.77. The molecule has 0 aliphatic heterocycles. The maximum absolute atomic E-state index is 12.6. The van der Waals surface area contributed by atoms with Crippen LogP contribution in [0, 0.1) is 20.8 Å². The van der Waals surface area contributed by atoms with Crippen LogP contribution >= 0.6 is 0 Å². The number of aromatic nitrogens is 2. The third kappa shape index (κ3) is 5.77. The second-order valence-corrected chi connectivity index (χ2v) is 9.30. The molecule has 0 bridgehead atoms. The molecule has 34 heavy (non-hydrogen) atoms. The van der Waals surface area contributed by atoms with Crippen LogP contribution in [0.25, 0.3) is 5.82 Å². The average molecular weight is 489 g/mol. The van der Waals surface area contributed by atoms with Gasteiger partial charge in [0.15, 0.2) is 12.4 Å². The van der Waals surface area contributed by atoms with E-state index in [1.807, 2.05) is 0 Å². The monoisotopic (exact) mass is 488 g/mol. The SMILES string of the molecule is CC(=O)Nc1ccc(S(=O)(=O)NCC(=O)OCC(=O)c2cc(C)n(-c3cc(C)on3)c2C)cc1. The van der Waals surface area contributed by atoms with Crippen LogP contribution in [0.15, 0.2) is 45.8 Å². The highest BCUT2D eigenvalue weighted by molar-refractivity contribution is 7.89. The van der Waals surface area contributed by atoms with Gasteiger partial charge in [0.2, 0.25) is 21.7 Å². The lowest BCUT2D eigenvalue weighted by Gasteiger charge is -2.08. The Morgan fingerprint density at radius 3 is 2.35 bits per heavy atom. The molecule has 0 saturated heterocycles. The fourth-order valence-corrected chi connectivity index (χ4v) is 4.26. The number of carbonyl (C=O) groups excluding carboxylic acids is 3. The molecule has 2 N–H and O–H groups in total. The highest BCUT2D eigenvalue weighted by Crippen LogP contribution is 2.21. The van der Waals surface area contributed by atoms with Crippen molar-refractivity contribution in [3.8, 4) is 5.82 Å². The summed E-state index contributed by atoms with van der Waals surface area (Å²) in [6, 6.07) is 8.80. The maximum Gasteiger partial charge on any atom is 0.321 e. The van der Waals surface area contributed by atoms with Gasteiger partial charge in [0.25, 0.3) is 0 Å². The molecule has 0 aliphatic carbocycles. The number of Topliss-reactive ketones (excluding diaryl/α,β-unsaturated/α-hetero) is 1. The third-order valence-electron chi connectivity index (χ3n) is 4.83. The van der Waals surface area contributed by atoms with Gasteiger partial charge in [0.05, 0.1) is 4.90 Å². The molecular weight excluding hydrogens is 464 g/mol. The number of nitrogens with one attached hydrogen (secondary N) is 2. The first-order valence-corrected chi connectivity index (χ1v) is 11.6. The number of anilines is 1. The van der Waals surface area contributed by atoms with E-state index in [2.05, 4.69) is 15.2 Å². The van der Waals surface area contributed by atoms with Crippen molar-refractivity contribution in [3.63, 3.8) is 0 Å². The summed E-state index contributed by atoms with van der Waals surface area (Å²) in [5, 5.41) is 6.48. The van der Waals surface area contributed by atoms with Crippen LogP contribution in [0.1, 0.15) is 34.4 Å². The predicted molar refractivity (Wildman–Crippen MR) is 121 cm³/mol. The van der Waals surface area contributed by atoms with Gasteiger partial charge >= 0.3 is 5.97 Å². The van der Waals surface area contributed by atoms with Crippen LogP contribution in [-0.2, 0) is 24.3 Å². The number of rotatable bonds is 9. The first kappa shape index (κ1) is 24.9. The lowest BCUT2D eigenvalue weighted by Crippen LogP contribution is -2.31. The van der Waals surface area contributed by atoms with Gasteiger partial charge in [-0.3, -0.25) is 19.0 Å². The average Bonchev–Trinajstić information content (AvgIpc) is 3.32. The molecule has 180 valence electrons. The van der Waals surface area contributed by atoms with Gasteiger partial charge in [-0.25, -0.2) is 8.42 Å². The summed E-state index contributed by atoms with van der Waals surface area (Å²) < 4.78 is 38.6. The van der Waals surface area contributed by atoms with Crippen LogP contribution < -0.4 is 10.0 Å². The van der Waals surface area contributed by atoms with Gasteiger partial charge in [0, 0.05) is 35.6 Å². The van der Waals surface area contributed by atoms with Gasteiger partial charge in [-0.2, -0.15) is 4.72 Å². The Labute approximate surface area is 196 Å². The minimum atomic E-state index is -4.00. The van der Waals surface area contributed by atoms with Crippen molar-refractivity contribution in [1.82, 2.24) is 14.4 Å². The Morgan fingerprint density at radius 2 is 1.76 bits per heavy atom. The standard InChI is InChI=1S/C22H24N4O7S/c1-13-9-19(15(3)26(13)21-10-14(2)33-25-21)20(28)12-32-22(29)11-23-34(30,31)18-7-5-17(6-8-18)24-16(4)27/h5-10,23H,11-12H2,1-4H3,(H,24,27). The van der Waals surface area contributed by atoms with Crippen LogP contribution in [-0.4, -0.2) is 49.0 Å². The molecule has 0 atom stereocenters. The zero-order chi connectivity index (χ0) is 25.0. The summed E-state index contributed by atoms with van der Waals surface area (Å²) in [5.74, 6) is -0.489. The minimum absolute atomic E-state index is 0.0963. The molecule has 2 aromatic heterocycles. The quantitative estimate of drug-likeness (QED) is 0.343. The van der Waals surface area contributed by atoms with Crippen molar-refractivity contribution in [2.75, 3.05) is 18.5 Å². The van der Waals surface area contributed by atoms with Gasteiger partial charge in [-0.15, -0.1) is 0 Å². The molecule has 2 heterocycles. The zero-order valence-corrected chi connectivity index (χ0v) is 19.9. The van der Waals surface area contributed by atoms with Crippen molar-refractivity contribution in [2.24, 2.45) is 0 Å². The van der Waals surface area contributed by atoms with Crippen molar-refractivity contribution in [1.29, 1.82) is 0 Å². The van der Waals surface area contributed by atoms with Crippen LogP contribution in [0.5, 0.6) is 0 Å². The number of esters is 1. The second-order valence-electron chi connectivity index (χ2n) is 7.53. The molecule has 3 aromatic rings. The number of carbonyl (C=O) groups is 3. The number of amides is 1. The minimum Gasteiger partial charge on any atom is -0.456 e. The molecule has 0 aliphatic rings. The highest BCUT2D eigenvalue weighted by atomic mass is 32.2. The zero-order valence-electron chi connectivity index (χ0n) is 19.0. The fraction of sp³-hybridized carbons (Fsp3) is 0.273. The second kappa shape index (κ2) is 10.0. The first-order chi connectivity index (χ1) is 16.0. The number of benzene rings is 1. The van der Waals surface area contributed by atoms with Crippen LogP contribution in [0.3, 0.4) is 0 Å². The molecule has 0 spiro atoms. The van der Waals surface area contributed by atoms with Gasteiger partial charge in [-0.1, -0.05) is 5.16 Å². The molecule has 0 fully saturated rings. The summed E-state index contributed by atoms with van der Waals surface area (Å²) in [6.45, 7) is 5.42. The molecule has 0 unspecified atom stereocenters. The first-order valence-electron chi connectivity index (χ1n) is 10.2. The van der Waals surface area contributed by atoms with E-state index < -0.39 is 34.9 Å². The molecule has 11 nitrogen and oxygen atoms in total. The predicted octanol–water partition coefficient (Wildman–Crippen LogP) is 2.05. The Balaban J connectivity index is 1.57. The molecular formula is C22H24N4O7S. The lowest BCUT2D eigenvalue weighted by molar-refractivity contribution is -0.141. The number of hydrogen-bond donors (Lipinski definition) is 2. The summed E-state index contributed by atoms with van der Waals surface area (Å²) in [6.07, 6.45) is 0. The van der Waals surface area contributed by atoms with Crippen molar-refractivity contribution in [2.45, 2.75) is 32.6 Å². The van der Waals surface area contributed by atoms with Crippen LogP contribution in [0.2, 0.25) is 0 Å². The Kier molecular flexibility index (Phi) is 7.32. The number of sulfonamides is 1. The molecule has 3 rings (SSSR count). The largest absolute Gasteiger partial charge is 0.456 e. The smallest absolute Gasteiger partial charge is 0.321 e. The molecule has 1 aromatic carbocycles. The van der Waals surface area contributed by atoms with Gasteiger partial charge in [-0.05, 0) is 51.1 Å². The van der Waals surface area contributed by atoms with E-state index >= 15 is 0 Å². The van der Waals surface area contributed by atoms with Gasteiger partial charge < -0.3 is 14.6 Å². The molecule has 0 radical (unpaired) electrons. The lowest BCUT2D eigenvalue weighted by atomic mass is 10.1. The summed E-state index contributed by atoms with van der Waals surface area (Å²) >= 11 is 0. The normalized spacial score (nSPS) is 11.3. The summed E-state index contributed by atoms with van der Waals surface area (Å²) in [4.78, 5) is 35.6. The number of ketones is 1. The Morgan fingerprint density at radius 1 is 1.09 bits per heavy atom. The highest BCUT2D eigenvalue weighted by Gasteiger charge is 2.21. The van der Waals surface area contributed by atoms with Crippen molar-refractivity contribution < 1.29 is 32.1 Å². The number of aryl methyl sites for hydroxylation is 2. The maximum atomic E-state index is 12.6. The van der Waals surface area contributed by atoms with Gasteiger partial charge in [0.1, 0.15) is 12.3 Å². The van der Waals surface area contributed by atoms with E-state index in [0.29, 0.717) is 28.5 Å². The molecule has 12 heteroatoms. The van der Waals surface area contributed by atoms with Crippen molar-refractivity contribution >= 4 is 33.4 Å². The summed E-state index contributed by atoms with van der Waals surface area (Å²) in [5.41, 5.74) is 2.14. The van der Waals surface area contributed by atoms with E-state index in [4.69, 9.17) is 9.26 Å². The topological polar surface area (TPSA) is 150 Å². The van der Waals surface area contributed by atoms with E-state index in [1.165, 1.54) is 31.2 Å².